The Hall–Kier alpha value is -2.00. The Balaban J connectivity index is 2.24. The topological polar surface area (TPSA) is 38.0 Å². The van der Waals surface area contributed by atoms with Crippen molar-refractivity contribution in [2.45, 2.75) is 6.92 Å². The summed E-state index contributed by atoms with van der Waals surface area (Å²) >= 11 is 6.02. The molecule has 0 atom stereocenters. The molecule has 0 saturated carbocycles. The van der Waals surface area contributed by atoms with Crippen LogP contribution in [0.4, 0.5) is 0 Å². The van der Waals surface area contributed by atoms with Gasteiger partial charge in [-0.25, -0.2) is 4.98 Å². The molecule has 96 valence electrons. The molecule has 0 fully saturated rings. The molecule has 3 rings (SSSR count). The first-order valence-corrected chi connectivity index (χ1v) is 6.36. The van der Waals surface area contributed by atoms with Crippen molar-refractivity contribution < 1.29 is 5.11 Å². The lowest BCUT2D eigenvalue weighted by Gasteiger charge is -2.05. The van der Waals surface area contributed by atoms with Gasteiger partial charge in [-0.2, -0.15) is 0 Å². The van der Waals surface area contributed by atoms with Crippen LogP contribution in [0, 0.1) is 6.92 Å². The van der Waals surface area contributed by atoms with Crippen LogP contribution < -0.4 is 0 Å². The summed E-state index contributed by atoms with van der Waals surface area (Å²) in [5.74, 6) is 1.16. The van der Waals surface area contributed by atoms with Gasteiger partial charge in [0.05, 0.1) is 11.0 Å². The number of hydrogen-bond acceptors (Lipinski definition) is 2. The fraction of sp³-hybridized carbons (Fsp3) is 0.133. The lowest BCUT2D eigenvalue weighted by molar-refractivity contribution is 0.471. The molecule has 0 bridgehead atoms. The van der Waals surface area contributed by atoms with Gasteiger partial charge in [0.25, 0.3) is 0 Å². The first-order valence-electron chi connectivity index (χ1n) is 5.98. The van der Waals surface area contributed by atoms with Crippen LogP contribution in [0.2, 0.25) is 5.02 Å². The van der Waals surface area contributed by atoms with Crippen molar-refractivity contribution in [2.75, 3.05) is 0 Å². The van der Waals surface area contributed by atoms with Crippen LogP contribution in [0.25, 0.3) is 22.4 Å². The van der Waals surface area contributed by atoms with Crippen LogP contribution in [-0.4, -0.2) is 14.7 Å². The molecule has 19 heavy (non-hydrogen) atoms. The molecule has 1 N–H and O–H groups in total. The van der Waals surface area contributed by atoms with Crippen molar-refractivity contribution in [3.63, 3.8) is 0 Å². The number of nitrogens with zero attached hydrogens (tertiary/aromatic N) is 2. The maximum Gasteiger partial charge on any atom is 0.140 e. The highest BCUT2D eigenvalue weighted by atomic mass is 35.5. The second-order valence-corrected chi connectivity index (χ2v) is 5.07. The summed E-state index contributed by atoms with van der Waals surface area (Å²) in [7, 11) is 1.96. The molecule has 1 aromatic heterocycles. The summed E-state index contributed by atoms with van der Waals surface area (Å²) in [5, 5.41) is 10.3. The van der Waals surface area contributed by atoms with Crippen LogP contribution in [0.1, 0.15) is 5.56 Å². The quantitative estimate of drug-likeness (QED) is 0.729. The number of aromatic nitrogens is 2. The molecule has 0 unspecified atom stereocenters. The van der Waals surface area contributed by atoms with Crippen molar-refractivity contribution in [1.82, 2.24) is 9.55 Å². The van der Waals surface area contributed by atoms with Crippen LogP contribution in [-0.2, 0) is 7.05 Å². The molecule has 4 heteroatoms. The van der Waals surface area contributed by atoms with E-state index in [0.29, 0.717) is 10.8 Å². The molecular formula is C15H13ClN2O. The molecule has 3 aromatic rings. The number of hydrogen-bond donors (Lipinski definition) is 1. The molecule has 3 nitrogen and oxygen atoms in total. The third-order valence-electron chi connectivity index (χ3n) is 3.30. The van der Waals surface area contributed by atoms with Crippen molar-refractivity contribution in [1.29, 1.82) is 0 Å². The Morgan fingerprint density at radius 3 is 2.68 bits per heavy atom. The fourth-order valence-corrected chi connectivity index (χ4v) is 2.38. The Morgan fingerprint density at radius 2 is 1.95 bits per heavy atom. The van der Waals surface area contributed by atoms with Crippen molar-refractivity contribution in [3.05, 3.63) is 47.0 Å². The van der Waals surface area contributed by atoms with Gasteiger partial charge in [-0.05, 0) is 48.9 Å². The molecule has 0 aliphatic carbocycles. The SMILES string of the molecule is Cc1cc(-c2nc3ccc(Cl)cc3n2C)ccc1O. The first kappa shape index (κ1) is 12.1. The summed E-state index contributed by atoms with van der Waals surface area (Å²) in [5.41, 5.74) is 3.72. The number of aryl methyl sites for hydroxylation is 2. The monoisotopic (exact) mass is 272 g/mol. The number of halogens is 1. The van der Waals surface area contributed by atoms with Crippen LogP contribution in [0.15, 0.2) is 36.4 Å². The van der Waals surface area contributed by atoms with E-state index < -0.39 is 0 Å². The zero-order valence-electron chi connectivity index (χ0n) is 10.7. The van der Waals surface area contributed by atoms with E-state index in [9.17, 15) is 5.11 Å². The van der Waals surface area contributed by atoms with E-state index in [1.54, 1.807) is 6.07 Å². The maximum atomic E-state index is 9.59. The summed E-state index contributed by atoms with van der Waals surface area (Å²) in [6.45, 7) is 1.87. The van der Waals surface area contributed by atoms with Gasteiger partial charge in [0.2, 0.25) is 0 Å². The van der Waals surface area contributed by atoms with Crippen LogP contribution in [0.5, 0.6) is 5.75 Å². The van der Waals surface area contributed by atoms with E-state index in [-0.39, 0.29) is 0 Å². The van der Waals surface area contributed by atoms with Crippen molar-refractivity contribution >= 4 is 22.6 Å². The van der Waals surface area contributed by atoms with E-state index >= 15 is 0 Å². The third-order valence-corrected chi connectivity index (χ3v) is 3.53. The van der Waals surface area contributed by atoms with E-state index in [1.807, 2.05) is 48.9 Å². The minimum atomic E-state index is 0.297. The predicted octanol–water partition coefficient (Wildman–Crippen LogP) is 3.91. The second kappa shape index (κ2) is 4.28. The Kier molecular flexibility index (Phi) is 2.72. The fourth-order valence-electron chi connectivity index (χ4n) is 2.22. The van der Waals surface area contributed by atoms with E-state index in [1.165, 1.54) is 0 Å². The highest BCUT2D eigenvalue weighted by Gasteiger charge is 2.11. The summed E-state index contributed by atoms with van der Waals surface area (Å²) in [6.07, 6.45) is 0. The standard InChI is InChI=1S/C15H13ClN2O/c1-9-7-10(3-6-14(9)19)15-17-12-5-4-11(16)8-13(12)18(15)2/h3-8,19H,1-2H3. The number of rotatable bonds is 1. The molecule has 0 spiro atoms. The molecule has 1 heterocycles. The lowest BCUT2D eigenvalue weighted by Crippen LogP contribution is -1.92. The number of benzene rings is 2. The normalized spacial score (nSPS) is 11.1. The van der Waals surface area contributed by atoms with Crippen molar-refractivity contribution in [2.24, 2.45) is 7.05 Å². The maximum absolute atomic E-state index is 9.59. The summed E-state index contributed by atoms with van der Waals surface area (Å²) in [6, 6.07) is 11.1. The number of phenols is 1. The molecule has 0 saturated heterocycles. The average molecular weight is 273 g/mol. The van der Waals surface area contributed by atoms with Crippen LogP contribution in [0.3, 0.4) is 0 Å². The van der Waals surface area contributed by atoms with Gasteiger partial charge in [-0.3, -0.25) is 0 Å². The molecule has 0 aliphatic heterocycles. The molecule has 2 aromatic carbocycles. The minimum Gasteiger partial charge on any atom is -0.508 e. The highest BCUT2D eigenvalue weighted by Crippen LogP contribution is 2.28. The number of imidazole rings is 1. The molecule has 0 radical (unpaired) electrons. The number of phenolic OH excluding ortho intramolecular Hbond substituents is 1. The van der Waals surface area contributed by atoms with Crippen molar-refractivity contribution in [3.8, 4) is 17.1 Å². The average Bonchev–Trinajstić information content (AvgIpc) is 2.70. The summed E-state index contributed by atoms with van der Waals surface area (Å²) < 4.78 is 2.01. The predicted molar refractivity (Wildman–Crippen MR) is 77.6 cm³/mol. The largest absolute Gasteiger partial charge is 0.508 e. The molecule has 0 amide bonds. The highest BCUT2D eigenvalue weighted by molar-refractivity contribution is 6.31. The minimum absolute atomic E-state index is 0.297. The Bertz CT molecular complexity index is 777. The number of fused-ring (bicyclic) bond motifs is 1. The van der Waals surface area contributed by atoms with Gasteiger partial charge in [-0.15, -0.1) is 0 Å². The Labute approximate surface area is 116 Å². The van der Waals surface area contributed by atoms with E-state index in [0.717, 1.165) is 28.0 Å². The van der Waals surface area contributed by atoms with Gasteiger partial charge >= 0.3 is 0 Å². The first-order chi connectivity index (χ1) is 9.06. The third kappa shape index (κ3) is 1.96. The van der Waals surface area contributed by atoms with Gasteiger partial charge in [-0.1, -0.05) is 11.6 Å². The van der Waals surface area contributed by atoms with Gasteiger partial charge < -0.3 is 9.67 Å². The van der Waals surface area contributed by atoms with Gasteiger partial charge in [0.15, 0.2) is 0 Å². The van der Waals surface area contributed by atoms with Gasteiger partial charge in [0, 0.05) is 17.6 Å². The molecule has 0 aliphatic rings. The van der Waals surface area contributed by atoms with Gasteiger partial charge in [0.1, 0.15) is 11.6 Å². The van der Waals surface area contributed by atoms with Crippen LogP contribution >= 0.6 is 11.6 Å². The Morgan fingerprint density at radius 1 is 1.16 bits per heavy atom. The zero-order valence-corrected chi connectivity index (χ0v) is 11.4. The zero-order chi connectivity index (χ0) is 13.6. The summed E-state index contributed by atoms with van der Waals surface area (Å²) in [4.78, 5) is 4.62. The number of aromatic hydroxyl groups is 1. The molecular weight excluding hydrogens is 260 g/mol. The van der Waals surface area contributed by atoms with E-state index in [2.05, 4.69) is 4.98 Å². The lowest BCUT2D eigenvalue weighted by atomic mass is 10.1. The smallest absolute Gasteiger partial charge is 0.140 e. The second-order valence-electron chi connectivity index (χ2n) is 4.63. The van der Waals surface area contributed by atoms with E-state index in [4.69, 9.17) is 11.6 Å².